The van der Waals surface area contributed by atoms with Crippen LogP contribution in [0, 0.1) is 0 Å². The molecule has 166 valence electrons. The molecule has 4 aromatic rings. The number of ether oxygens (including phenoxy) is 1. The van der Waals surface area contributed by atoms with E-state index in [0.717, 1.165) is 24.0 Å². The van der Waals surface area contributed by atoms with Crippen LogP contribution in [0.5, 0.6) is 11.5 Å². The molecular weight excluding hydrogens is 408 g/mol. The number of aryl methyl sites for hydroxylation is 2. The van der Waals surface area contributed by atoms with Crippen molar-refractivity contribution in [2.24, 2.45) is 0 Å². The number of hydrogen-bond donors (Lipinski definition) is 1. The van der Waals surface area contributed by atoms with E-state index in [0.29, 0.717) is 16.4 Å². The van der Waals surface area contributed by atoms with E-state index in [-0.39, 0.29) is 28.4 Å². The molecule has 6 nitrogen and oxygen atoms in total. The first-order valence-corrected chi connectivity index (χ1v) is 10.6. The molecule has 6 heteroatoms. The fourth-order valence-electron chi connectivity index (χ4n) is 3.37. The van der Waals surface area contributed by atoms with Gasteiger partial charge in [0, 0.05) is 0 Å². The maximum absolute atomic E-state index is 12.5. The van der Waals surface area contributed by atoms with E-state index >= 15 is 0 Å². The van der Waals surface area contributed by atoms with Crippen LogP contribution in [0.15, 0.2) is 67.5 Å². The molecule has 0 aliphatic carbocycles. The summed E-state index contributed by atoms with van der Waals surface area (Å²) in [5, 5.41) is 11.7. The molecule has 4 rings (SSSR count). The zero-order valence-corrected chi connectivity index (χ0v) is 18.7. The van der Waals surface area contributed by atoms with Gasteiger partial charge in [-0.1, -0.05) is 46.4 Å². The normalized spacial score (nSPS) is 10.6. The van der Waals surface area contributed by atoms with E-state index in [2.05, 4.69) is 6.58 Å². The molecule has 2 heterocycles. The summed E-state index contributed by atoms with van der Waals surface area (Å²) in [6.45, 7) is 11.8. The predicted molar refractivity (Wildman–Crippen MR) is 126 cm³/mol. The minimum absolute atomic E-state index is 0.126. The molecule has 0 saturated carbocycles. The fourth-order valence-corrected chi connectivity index (χ4v) is 3.37. The molecule has 0 saturated heterocycles. The summed E-state index contributed by atoms with van der Waals surface area (Å²) in [7, 11) is 0. The van der Waals surface area contributed by atoms with E-state index < -0.39 is 11.3 Å². The van der Waals surface area contributed by atoms with Crippen LogP contribution in [0.4, 0.5) is 0 Å². The van der Waals surface area contributed by atoms with Crippen LogP contribution in [-0.4, -0.2) is 5.11 Å². The van der Waals surface area contributed by atoms with Crippen LogP contribution < -0.4 is 16.0 Å². The second-order valence-electron chi connectivity index (χ2n) is 6.94. The first kappa shape index (κ1) is 22.9. The van der Waals surface area contributed by atoms with Gasteiger partial charge < -0.3 is 18.7 Å². The summed E-state index contributed by atoms with van der Waals surface area (Å²) in [5.74, 6) is -0.218. The lowest BCUT2D eigenvalue weighted by Crippen LogP contribution is -2.11. The van der Waals surface area contributed by atoms with Crippen molar-refractivity contribution < 1.29 is 18.7 Å². The van der Waals surface area contributed by atoms with Crippen molar-refractivity contribution in [3.63, 3.8) is 0 Å². The topological polar surface area (TPSA) is 89.9 Å². The molecule has 2 aromatic heterocycles. The molecule has 0 spiro atoms. The molecule has 0 amide bonds. The minimum atomic E-state index is -0.782. The van der Waals surface area contributed by atoms with E-state index in [9.17, 15) is 14.7 Å². The van der Waals surface area contributed by atoms with Crippen molar-refractivity contribution in [1.82, 2.24) is 0 Å². The highest BCUT2D eigenvalue weighted by atomic mass is 16.5. The van der Waals surface area contributed by atoms with Gasteiger partial charge in [0.1, 0.15) is 34.0 Å². The summed E-state index contributed by atoms with van der Waals surface area (Å²) in [6.07, 6.45) is 1.54. The largest absolute Gasteiger partial charge is 0.506 e. The van der Waals surface area contributed by atoms with Gasteiger partial charge in [-0.25, -0.2) is 9.59 Å². The monoisotopic (exact) mass is 434 g/mol. The highest BCUT2D eigenvalue weighted by Crippen LogP contribution is 2.33. The molecule has 0 unspecified atom stereocenters. The predicted octanol–water partition coefficient (Wildman–Crippen LogP) is 5.81. The molecule has 0 radical (unpaired) electrons. The third kappa shape index (κ3) is 4.30. The number of hydrogen-bond acceptors (Lipinski definition) is 6. The van der Waals surface area contributed by atoms with Gasteiger partial charge in [0.05, 0.1) is 16.8 Å². The van der Waals surface area contributed by atoms with Gasteiger partial charge in [0.25, 0.3) is 0 Å². The highest BCUT2D eigenvalue weighted by molar-refractivity contribution is 5.89. The van der Waals surface area contributed by atoms with Crippen LogP contribution >= 0.6 is 0 Å². The minimum Gasteiger partial charge on any atom is -0.506 e. The molecule has 2 aromatic carbocycles. The quantitative estimate of drug-likeness (QED) is 0.315. The Bertz CT molecular complexity index is 1410. The molecule has 0 aliphatic heterocycles. The maximum Gasteiger partial charge on any atom is 0.351 e. The number of fused-ring (bicyclic) bond motifs is 2. The highest BCUT2D eigenvalue weighted by Gasteiger charge is 2.20. The lowest BCUT2D eigenvalue weighted by Gasteiger charge is -2.12. The molecule has 0 aliphatic rings. The Kier molecular flexibility index (Phi) is 6.83. The van der Waals surface area contributed by atoms with Crippen LogP contribution in [0.1, 0.15) is 44.4 Å². The van der Waals surface area contributed by atoms with Crippen molar-refractivity contribution in [2.75, 3.05) is 0 Å². The van der Waals surface area contributed by atoms with E-state index in [1.165, 1.54) is 6.07 Å². The Balaban J connectivity index is 0.00000141. The third-order valence-electron chi connectivity index (χ3n) is 5.04. The Morgan fingerprint density at radius 2 is 1.47 bits per heavy atom. The Hall–Kier alpha value is -3.80. The number of aromatic hydroxyl groups is 1. The van der Waals surface area contributed by atoms with E-state index in [1.54, 1.807) is 18.2 Å². The number of benzene rings is 2. The summed E-state index contributed by atoms with van der Waals surface area (Å²) >= 11 is 0. The lowest BCUT2D eigenvalue weighted by atomic mass is 10.1. The Morgan fingerprint density at radius 1 is 0.906 bits per heavy atom. The summed E-state index contributed by atoms with van der Waals surface area (Å²) < 4.78 is 16.4. The van der Waals surface area contributed by atoms with Gasteiger partial charge in [-0.2, -0.15) is 0 Å². The van der Waals surface area contributed by atoms with Crippen molar-refractivity contribution in [3.05, 3.63) is 86.6 Å². The molecule has 0 bridgehead atoms. The number of rotatable bonds is 5. The molecule has 0 atom stereocenters. The second-order valence-corrected chi connectivity index (χ2v) is 6.94. The zero-order valence-electron chi connectivity index (χ0n) is 18.7. The average Bonchev–Trinajstić information content (AvgIpc) is 2.80. The van der Waals surface area contributed by atoms with Gasteiger partial charge in [-0.05, 0) is 48.2 Å². The second kappa shape index (κ2) is 9.56. The smallest absolute Gasteiger partial charge is 0.351 e. The maximum atomic E-state index is 12.5. The van der Waals surface area contributed by atoms with Crippen molar-refractivity contribution in [2.45, 2.75) is 40.5 Å². The van der Waals surface area contributed by atoms with Crippen molar-refractivity contribution >= 4 is 27.7 Å². The lowest BCUT2D eigenvalue weighted by molar-refractivity contribution is 0.450. The van der Waals surface area contributed by atoms with Gasteiger partial charge in [-0.3, -0.25) is 0 Å². The summed E-state index contributed by atoms with van der Waals surface area (Å²) in [4.78, 5) is 24.5. The van der Waals surface area contributed by atoms with Crippen LogP contribution in [0.25, 0.3) is 27.7 Å². The summed E-state index contributed by atoms with van der Waals surface area (Å²) in [6, 6.07) is 11.8. The van der Waals surface area contributed by atoms with Crippen molar-refractivity contribution in [3.8, 4) is 11.5 Å². The third-order valence-corrected chi connectivity index (χ3v) is 5.04. The Morgan fingerprint density at radius 3 is 2.06 bits per heavy atom. The summed E-state index contributed by atoms with van der Waals surface area (Å²) in [5.41, 5.74) is 1.04. The van der Waals surface area contributed by atoms with Gasteiger partial charge >= 0.3 is 11.3 Å². The van der Waals surface area contributed by atoms with Crippen LogP contribution in [0.2, 0.25) is 0 Å². The standard InChI is InChI=1S/C24H20O6.C2H6/c1-4-14-6-8-18-16(10-14)20(12-21(25)29-18)28-13(3)22-23(26)17-11-15(5-2)7-9-19(17)30-24(22)27;1-2/h6-12,26H,3-5H2,1-2H3;1-2H3. The van der Waals surface area contributed by atoms with E-state index in [4.69, 9.17) is 13.6 Å². The molecule has 1 N–H and O–H groups in total. The van der Waals surface area contributed by atoms with E-state index in [1.807, 2.05) is 45.9 Å². The van der Waals surface area contributed by atoms with Gasteiger partial charge in [0.15, 0.2) is 0 Å². The average molecular weight is 434 g/mol. The molecule has 32 heavy (non-hydrogen) atoms. The first-order valence-electron chi connectivity index (χ1n) is 10.6. The zero-order chi connectivity index (χ0) is 23.4. The Labute approximate surface area is 185 Å². The fraction of sp³-hybridized carbons (Fsp3) is 0.231. The molecule has 0 fully saturated rings. The van der Waals surface area contributed by atoms with Crippen molar-refractivity contribution in [1.29, 1.82) is 0 Å². The molecular formula is C26H26O6. The van der Waals surface area contributed by atoms with Crippen LogP contribution in [-0.2, 0) is 12.8 Å². The van der Waals surface area contributed by atoms with Gasteiger partial charge in [0.2, 0.25) is 0 Å². The SMILES string of the molecule is C=C(Oc1cc(=O)oc2ccc(CC)cc12)c1c(O)c2cc(CC)ccc2oc1=O.CC. The first-order chi connectivity index (χ1) is 15.4. The van der Waals surface area contributed by atoms with Crippen LogP contribution in [0.3, 0.4) is 0 Å². The van der Waals surface area contributed by atoms with Gasteiger partial charge in [-0.15, -0.1) is 0 Å².